The molecule has 0 spiro atoms. The molecule has 11 nitrogen and oxygen atoms in total. The van der Waals surface area contributed by atoms with E-state index in [9.17, 15) is 49.2 Å². The average Bonchev–Trinajstić information content (AvgIpc) is 3.02. The standard InChI is InChI=1S/C36H26O11/c1-17(2)19-5-9-21(10-6-19)27-23(31(37)38)13-15-25(29(27)33(41)42)35(45)47-36(46)26-16-14-24(32(39)40)28(30(26)34(43)44)22-11-7-20(8-12-22)18(3)4/h5-16H,1,3H2,2,4H3,(H,37,38)(H,39,40)(H,41,42)(H,43,44). The van der Waals surface area contributed by atoms with E-state index in [2.05, 4.69) is 13.2 Å². The number of allylic oxidation sites excluding steroid dienone is 2. The van der Waals surface area contributed by atoms with Gasteiger partial charge in [-0.3, -0.25) is 0 Å². The molecule has 0 aliphatic carbocycles. The Morgan fingerprint density at radius 1 is 0.468 bits per heavy atom. The van der Waals surface area contributed by atoms with Crippen LogP contribution in [0.5, 0.6) is 0 Å². The van der Waals surface area contributed by atoms with Crippen molar-refractivity contribution in [1.29, 1.82) is 0 Å². The third kappa shape index (κ3) is 6.59. The van der Waals surface area contributed by atoms with Crippen molar-refractivity contribution < 1.29 is 53.9 Å². The molecular formula is C36H26O11. The molecule has 0 aromatic heterocycles. The van der Waals surface area contributed by atoms with E-state index in [0.29, 0.717) is 22.3 Å². The number of carbonyl (C=O) groups excluding carboxylic acids is 2. The van der Waals surface area contributed by atoms with E-state index >= 15 is 0 Å². The lowest BCUT2D eigenvalue weighted by Gasteiger charge is -2.16. The summed E-state index contributed by atoms with van der Waals surface area (Å²) in [6.07, 6.45) is 0. The number of ether oxygens (including phenoxy) is 1. The molecule has 0 heterocycles. The van der Waals surface area contributed by atoms with Crippen molar-refractivity contribution in [1.82, 2.24) is 0 Å². The first kappa shape index (κ1) is 33.3. The van der Waals surface area contributed by atoms with Crippen molar-refractivity contribution in [2.75, 3.05) is 0 Å². The fourth-order valence-electron chi connectivity index (χ4n) is 4.98. The summed E-state index contributed by atoms with van der Waals surface area (Å²) in [6.45, 7) is 11.1. The minimum atomic E-state index is -1.70. The van der Waals surface area contributed by atoms with E-state index in [1.807, 2.05) is 0 Å². The SMILES string of the molecule is C=C(C)c1ccc(-c2c(C(=O)O)ccc(C(=O)OC(=O)c3ccc(C(=O)O)c(-c4ccc(C(=C)C)cc4)c3C(=O)O)c2C(=O)O)cc1. The van der Waals surface area contributed by atoms with Gasteiger partial charge in [0.2, 0.25) is 0 Å². The summed E-state index contributed by atoms with van der Waals surface area (Å²) < 4.78 is 4.97. The summed E-state index contributed by atoms with van der Waals surface area (Å²) in [5, 5.41) is 39.9. The van der Waals surface area contributed by atoms with Crippen molar-refractivity contribution >= 4 is 47.0 Å². The minimum absolute atomic E-state index is 0.130. The van der Waals surface area contributed by atoms with Gasteiger partial charge in [0.25, 0.3) is 0 Å². The van der Waals surface area contributed by atoms with Gasteiger partial charge in [-0.2, -0.15) is 0 Å². The Bertz CT molecular complexity index is 1890. The second kappa shape index (κ2) is 13.2. The normalized spacial score (nSPS) is 10.5. The van der Waals surface area contributed by atoms with Crippen LogP contribution in [-0.4, -0.2) is 56.2 Å². The van der Waals surface area contributed by atoms with Crippen LogP contribution in [0.3, 0.4) is 0 Å². The maximum Gasteiger partial charge on any atom is 0.346 e. The number of carboxylic acid groups (broad SMARTS) is 4. The molecule has 4 aromatic rings. The van der Waals surface area contributed by atoms with Gasteiger partial charge in [0.15, 0.2) is 0 Å². The lowest BCUT2D eigenvalue weighted by atomic mass is 9.89. The van der Waals surface area contributed by atoms with Crippen LogP contribution in [0.15, 0.2) is 86.0 Å². The predicted octanol–water partition coefficient (Wildman–Crippen LogP) is 6.88. The average molecular weight is 635 g/mol. The molecule has 0 unspecified atom stereocenters. The van der Waals surface area contributed by atoms with Gasteiger partial charge in [0.1, 0.15) is 0 Å². The molecule has 0 saturated heterocycles. The molecule has 4 N–H and O–H groups in total. The van der Waals surface area contributed by atoms with E-state index in [1.165, 1.54) is 24.3 Å². The summed E-state index contributed by atoms with van der Waals surface area (Å²) in [7, 11) is 0. The Morgan fingerprint density at radius 3 is 1.02 bits per heavy atom. The number of benzene rings is 4. The highest BCUT2D eigenvalue weighted by molar-refractivity contribution is 6.16. The van der Waals surface area contributed by atoms with Crippen molar-refractivity contribution in [2.45, 2.75) is 13.8 Å². The predicted molar refractivity (Wildman–Crippen MR) is 171 cm³/mol. The Balaban J connectivity index is 1.85. The summed E-state index contributed by atoms with van der Waals surface area (Å²) in [5.41, 5.74) is -1.48. The number of esters is 2. The fraction of sp³-hybridized carbons (Fsp3) is 0.0556. The lowest BCUT2D eigenvalue weighted by molar-refractivity contribution is 0.0385. The zero-order valence-electron chi connectivity index (χ0n) is 25.0. The van der Waals surface area contributed by atoms with E-state index in [4.69, 9.17) is 4.74 Å². The highest BCUT2D eigenvalue weighted by atomic mass is 16.6. The van der Waals surface area contributed by atoms with Gasteiger partial charge < -0.3 is 25.2 Å². The molecule has 0 aliphatic rings. The molecule has 0 atom stereocenters. The van der Waals surface area contributed by atoms with Crippen LogP contribution in [0.2, 0.25) is 0 Å². The Kier molecular flexibility index (Phi) is 9.32. The van der Waals surface area contributed by atoms with Gasteiger partial charge in [-0.05, 0) is 60.4 Å². The van der Waals surface area contributed by atoms with Crippen molar-refractivity contribution in [3.05, 3.63) is 130 Å². The van der Waals surface area contributed by atoms with E-state index < -0.39 is 69.2 Å². The van der Waals surface area contributed by atoms with Gasteiger partial charge in [0, 0.05) is 11.1 Å². The zero-order valence-corrected chi connectivity index (χ0v) is 25.0. The van der Waals surface area contributed by atoms with Crippen LogP contribution < -0.4 is 0 Å². The number of rotatable bonds is 10. The Morgan fingerprint density at radius 2 is 0.766 bits per heavy atom. The Labute approximate surface area is 267 Å². The van der Waals surface area contributed by atoms with Crippen molar-refractivity contribution in [3.63, 3.8) is 0 Å². The van der Waals surface area contributed by atoms with Crippen LogP contribution in [0.4, 0.5) is 0 Å². The smallest absolute Gasteiger partial charge is 0.346 e. The molecule has 0 aliphatic heterocycles. The van der Waals surface area contributed by atoms with Crippen molar-refractivity contribution in [2.24, 2.45) is 0 Å². The molecule has 4 rings (SSSR count). The molecule has 0 saturated carbocycles. The number of hydrogen-bond acceptors (Lipinski definition) is 7. The second-order valence-corrected chi connectivity index (χ2v) is 10.4. The van der Waals surface area contributed by atoms with Crippen LogP contribution in [0.1, 0.15) is 87.1 Å². The van der Waals surface area contributed by atoms with Gasteiger partial charge in [0.05, 0.1) is 33.4 Å². The van der Waals surface area contributed by atoms with E-state index in [1.54, 1.807) is 38.1 Å². The van der Waals surface area contributed by atoms with Gasteiger partial charge >= 0.3 is 35.8 Å². The molecule has 236 valence electrons. The highest BCUT2D eigenvalue weighted by Crippen LogP contribution is 2.34. The second-order valence-electron chi connectivity index (χ2n) is 10.4. The topological polar surface area (TPSA) is 193 Å². The molecule has 0 fully saturated rings. The van der Waals surface area contributed by atoms with Crippen LogP contribution in [0, 0.1) is 0 Å². The van der Waals surface area contributed by atoms with E-state index in [-0.39, 0.29) is 22.3 Å². The number of aromatic carboxylic acids is 4. The van der Waals surface area contributed by atoms with Crippen molar-refractivity contribution in [3.8, 4) is 22.3 Å². The van der Waals surface area contributed by atoms with Crippen LogP contribution in [0.25, 0.3) is 33.4 Å². The monoisotopic (exact) mass is 634 g/mol. The first-order chi connectivity index (χ1) is 22.1. The zero-order chi connectivity index (χ0) is 34.7. The van der Waals surface area contributed by atoms with Crippen LogP contribution >= 0.6 is 0 Å². The maximum atomic E-state index is 13.4. The number of carboxylic acids is 4. The highest BCUT2D eigenvalue weighted by Gasteiger charge is 2.32. The van der Waals surface area contributed by atoms with Crippen LogP contribution in [-0.2, 0) is 4.74 Å². The quantitative estimate of drug-likeness (QED) is 0.105. The van der Waals surface area contributed by atoms with Gasteiger partial charge in [-0.1, -0.05) is 72.8 Å². The van der Waals surface area contributed by atoms with Gasteiger partial charge in [-0.25, -0.2) is 28.8 Å². The third-order valence-electron chi connectivity index (χ3n) is 7.26. The molecule has 11 heteroatoms. The lowest BCUT2D eigenvalue weighted by Crippen LogP contribution is -2.21. The third-order valence-corrected chi connectivity index (χ3v) is 7.26. The summed E-state index contributed by atoms with van der Waals surface area (Å²) in [4.78, 5) is 75.9. The first-order valence-electron chi connectivity index (χ1n) is 13.7. The molecule has 47 heavy (non-hydrogen) atoms. The first-order valence-corrected chi connectivity index (χ1v) is 13.7. The number of hydrogen-bond donors (Lipinski definition) is 4. The fourth-order valence-corrected chi connectivity index (χ4v) is 4.98. The summed E-state index contributed by atoms with van der Waals surface area (Å²) in [6, 6.07) is 15.8. The minimum Gasteiger partial charge on any atom is -0.478 e. The van der Waals surface area contributed by atoms with E-state index in [0.717, 1.165) is 24.3 Å². The summed E-state index contributed by atoms with van der Waals surface area (Å²) >= 11 is 0. The number of carbonyl (C=O) groups is 6. The molecule has 0 amide bonds. The molecule has 0 radical (unpaired) electrons. The Hall–Kier alpha value is -6.62. The summed E-state index contributed by atoms with van der Waals surface area (Å²) in [5.74, 6) is -9.43. The largest absolute Gasteiger partial charge is 0.478 e. The molecule has 0 bridgehead atoms. The molecule has 4 aromatic carbocycles. The molecular weight excluding hydrogens is 608 g/mol. The van der Waals surface area contributed by atoms with Gasteiger partial charge in [-0.15, -0.1) is 0 Å². The maximum absolute atomic E-state index is 13.4.